The number of benzene rings is 2. The first kappa shape index (κ1) is 17.3. The van der Waals surface area contributed by atoms with Crippen molar-refractivity contribution in [3.63, 3.8) is 0 Å². The first-order valence-electron chi connectivity index (χ1n) is 8.00. The number of nitrogens with zero attached hydrogens (tertiary/aromatic N) is 1. The highest BCUT2D eigenvalue weighted by Gasteiger charge is 2.10. The molecule has 2 aromatic carbocycles. The van der Waals surface area contributed by atoms with Crippen LogP contribution >= 0.6 is 0 Å². The van der Waals surface area contributed by atoms with Crippen LogP contribution in [-0.4, -0.2) is 25.1 Å². The van der Waals surface area contributed by atoms with Gasteiger partial charge in [-0.2, -0.15) is 0 Å². The summed E-state index contributed by atoms with van der Waals surface area (Å²) < 4.78 is 10.4. The summed E-state index contributed by atoms with van der Waals surface area (Å²) in [5.41, 5.74) is 2.63. The zero-order valence-electron chi connectivity index (χ0n) is 14.5. The van der Waals surface area contributed by atoms with E-state index in [9.17, 15) is 4.79 Å². The molecule has 0 aliphatic carbocycles. The van der Waals surface area contributed by atoms with Crippen molar-refractivity contribution >= 4 is 23.0 Å². The molecule has 0 saturated carbocycles. The molecule has 0 fully saturated rings. The summed E-state index contributed by atoms with van der Waals surface area (Å²) in [6.45, 7) is 0. The van der Waals surface area contributed by atoms with E-state index in [1.54, 1.807) is 38.6 Å². The largest absolute Gasteiger partial charge is 0.497 e. The average Bonchev–Trinajstić information content (AvgIpc) is 2.69. The van der Waals surface area contributed by atoms with Gasteiger partial charge in [0.05, 0.1) is 37.4 Å². The summed E-state index contributed by atoms with van der Waals surface area (Å²) in [6, 6.07) is 16.5. The zero-order valence-corrected chi connectivity index (χ0v) is 14.5. The quantitative estimate of drug-likeness (QED) is 0.701. The number of hydrogen-bond acceptors (Lipinski definition) is 5. The van der Waals surface area contributed by atoms with E-state index in [-0.39, 0.29) is 5.91 Å². The summed E-state index contributed by atoms with van der Waals surface area (Å²) in [5, 5.41) is 6.05. The van der Waals surface area contributed by atoms with Gasteiger partial charge in [-0.1, -0.05) is 12.1 Å². The summed E-state index contributed by atoms with van der Waals surface area (Å²) in [7, 11) is 3.18. The number of aromatic nitrogens is 1. The number of para-hydroxylation sites is 2. The van der Waals surface area contributed by atoms with Crippen molar-refractivity contribution in [2.75, 3.05) is 24.9 Å². The van der Waals surface area contributed by atoms with E-state index in [1.165, 1.54) is 6.20 Å². The second-order valence-electron chi connectivity index (χ2n) is 5.47. The Balaban J connectivity index is 1.74. The third kappa shape index (κ3) is 4.10. The van der Waals surface area contributed by atoms with Gasteiger partial charge >= 0.3 is 0 Å². The minimum Gasteiger partial charge on any atom is -0.497 e. The Bertz CT molecular complexity index is 895. The van der Waals surface area contributed by atoms with Gasteiger partial charge in [-0.25, -0.2) is 0 Å². The monoisotopic (exact) mass is 349 g/mol. The molecule has 0 unspecified atom stereocenters. The number of anilines is 3. The summed E-state index contributed by atoms with van der Waals surface area (Å²) in [5.74, 6) is 1.11. The van der Waals surface area contributed by atoms with Crippen LogP contribution in [0.2, 0.25) is 0 Å². The first-order chi connectivity index (χ1) is 12.7. The number of pyridine rings is 1. The predicted octanol–water partition coefficient (Wildman–Crippen LogP) is 4.09. The van der Waals surface area contributed by atoms with Crippen LogP contribution in [0.1, 0.15) is 10.4 Å². The Hall–Kier alpha value is -3.54. The minimum absolute atomic E-state index is 0.264. The van der Waals surface area contributed by atoms with Crippen LogP contribution in [0, 0.1) is 0 Å². The number of carbonyl (C=O) groups excluding carboxylic acids is 1. The molecule has 2 N–H and O–H groups in total. The van der Waals surface area contributed by atoms with Gasteiger partial charge in [0.2, 0.25) is 0 Å². The van der Waals surface area contributed by atoms with Gasteiger partial charge in [0.25, 0.3) is 5.91 Å². The Morgan fingerprint density at radius 2 is 1.69 bits per heavy atom. The number of amides is 1. The average molecular weight is 349 g/mol. The molecule has 132 valence electrons. The van der Waals surface area contributed by atoms with Gasteiger partial charge in [0.15, 0.2) is 0 Å². The fourth-order valence-electron chi connectivity index (χ4n) is 2.42. The molecule has 0 aliphatic rings. The molecule has 1 aromatic heterocycles. The number of nitrogens with one attached hydrogen (secondary N) is 2. The maximum absolute atomic E-state index is 12.5. The predicted molar refractivity (Wildman–Crippen MR) is 101 cm³/mol. The molecule has 0 aliphatic heterocycles. The zero-order chi connectivity index (χ0) is 18.4. The molecular weight excluding hydrogens is 330 g/mol. The van der Waals surface area contributed by atoms with Gasteiger partial charge in [-0.3, -0.25) is 9.78 Å². The molecule has 6 heteroatoms. The Kier molecular flexibility index (Phi) is 5.34. The van der Waals surface area contributed by atoms with E-state index in [1.807, 2.05) is 36.4 Å². The number of hydrogen-bond donors (Lipinski definition) is 2. The number of rotatable bonds is 6. The van der Waals surface area contributed by atoms with Gasteiger partial charge in [0.1, 0.15) is 11.5 Å². The maximum Gasteiger partial charge on any atom is 0.257 e. The van der Waals surface area contributed by atoms with Crippen LogP contribution in [0.3, 0.4) is 0 Å². The van der Waals surface area contributed by atoms with Gasteiger partial charge in [0, 0.05) is 11.9 Å². The number of ether oxygens (including phenoxy) is 2. The molecular formula is C20H19N3O3. The lowest BCUT2D eigenvalue weighted by molar-refractivity contribution is 0.102. The first-order valence-corrected chi connectivity index (χ1v) is 8.00. The van der Waals surface area contributed by atoms with E-state index >= 15 is 0 Å². The van der Waals surface area contributed by atoms with Crippen molar-refractivity contribution in [3.05, 3.63) is 72.6 Å². The van der Waals surface area contributed by atoms with Crippen LogP contribution in [-0.2, 0) is 0 Å². The molecule has 3 aromatic rings. The van der Waals surface area contributed by atoms with Gasteiger partial charge in [-0.05, 0) is 42.5 Å². The maximum atomic E-state index is 12.5. The highest BCUT2D eigenvalue weighted by molar-refractivity contribution is 6.05. The molecule has 0 bridgehead atoms. The second-order valence-corrected chi connectivity index (χ2v) is 5.47. The summed E-state index contributed by atoms with van der Waals surface area (Å²) in [4.78, 5) is 16.7. The Labute approximate surface area is 151 Å². The lowest BCUT2D eigenvalue weighted by atomic mass is 10.2. The highest BCUT2D eigenvalue weighted by atomic mass is 16.5. The van der Waals surface area contributed by atoms with Crippen molar-refractivity contribution in [2.45, 2.75) is 0 Å². The van der Waals surface area contributed by atoms with Crippen LogP contribution in [0.25, 0.3) is 0 Å². The van der Waals surface area contributed by atoms with E-state index in [2.05, 4.69) is 15.6 Å². The van der Waals surface area contributed by atoms with Crippen LogP contribution in [0.4, 0.5) is 17.1 Å². The molecule has 0 spiro atoms. The van der Waals surface area contributed by atoms with E-state index in [0.717, 1.165) is 11.4 Å². The third-order valence-electron chi connectivity index (χ3n) is 3.73. The smallest absolute Gasteiger partial charge is 0.257 e. The second kappa shape index (κ2) is 8.02. The van der Waals surface area contributed by atoms with Gasteiger partial charge in [-0.15, -0.1) is 0 Å². The lowest BCUT2D eigenvalue weighted by Gasteiger charge is -2.11. The molecule has 1 amide bonds. The number of carbonyl (C=O) groups is 1. The molecule has 0 radical (unpaired) electrons. The van der Waals surface area contributed by atoms with E-state index < -0.39 is 0 Å². The van der Waals surface area contributed by atoms with Crippen LogP contribution in [0.5, 0.6) is 11.5 Å². The van der Waals surface area contributed by atoms with E-state index in [0.29, 0.717) is 22.7 Å². The summed E-state index contributed by atoms with van der Waals surface area (Å²) >= 11 is 0. The van der Waals surface area contributed by atoms with E-state index in [4.69, 9.17) is 9.47 Å². The molecule has 0 atom stereocenters. The SMILES string of the molecule is COc1ccc(Nc2cncc(C(=O)Nc3ccccc3OC)c2)cc1. The molecule has 3 rings (SSSR count). The topological polar surface area (TPSA) is 72.5 Å². The molecule has 26 heavy (non-hydrogen) atoms. The van der Waals surface area contributed by atoms with Crippen molar-refractivity contribution in [1.29, 1.82) is 0 Å². The third-order valence-corrected chi connectivity index (χ3v) is 3.73. The van der Waals surface area contributed by atoms with Crippen molar-refractivity contribution in [1.82, 2.24) is 4.98 Å². The van der Waals surface area contributed by atoms with Gasteiger partial charge < -0.3 is 20.1 Å². The Morgan fingerprint density at radius 3 is 2.42 bits per heavy atom. The molecule has 0 saturated heterocycles. The van der Waals surface area contributed by atoms with Crippen molar-refractivity contribution in [2.24, 2.45) is 0 Å². The number of methoxy groups -OCH3 is 2. The van der Waals surface area contributed by atoms with Crippen molar-refractivity contribution < 1.29 is 14.3 Å². The fourth-order valence-corrected chi connectivity index (χ4v) is 2.42. The minimum atomic E-state index is -0.264. The standard InChI is InChI=1S/C20H19N3O3/c1-25-17-9-7-15(8-10-17)22-16-11-14(12-21-13-16)20(24)23-18-5-3-4-6-19(18)26-2/h3-13,22H,1-2H3,(H,23,24). The van der Waals surface area contributed by atoms with Crippen LogP contribution in [0.15, 0.2) is 67.0 Å². The lowest BCUT2D eigenvalue weighted by Crippen LogP contribution is -2.13. The van der Waals surface area contributed by atoms with Crippen molar-refractivity contribution in [3.8, 4) is 11.5 Å². The fraction of sp³-hybridized carbons (Fsp3) is 0.100. The normalized spacial score (nSPS) is 10.1. The Morgan fingerprint density at radius 1 is 0.923 bits per heavy atom. The molecule has 1 heterocycles. The molecule has 6 nitrogen and oxygen atoms in total. The summed E-state index contributed by atoms with van der Waals surface area (Å²) in [6.07, 6.45) is 3.17. The van der Waals surface area contributed by atoms with Crippen LogP contribution < -0.4 is 20.1 Å². The highest BCUT2D eigenvalue weighted by Crippen LogP contribution is 2.24.